The molecule has 1 rings (SSSR count). The van der Waals surface area contributed by atoms with Crippen molar-refractivity contribution in [2.45, 2.75) is 32.4 Å². The molecule has 1 aromatic heterocycles. The van der Waals surface area contributed by atoms with Crippen LogP contribution in [0, 0.1) is 0 Å². The molecule has 1 unspecified atom stereocenters. The Balaban J connectivity index is 2.37. The summed E-state index contributed by atoms with van der Waals surface area (Å²) in [4.78, 5) is 11.6. The van der Waals surface area contributed by atoms with E-state index in [9.17, 15) is 4.79 Å². The van der Waals surface area contributed by atoms with E-state index in [-0.39, 0.29) is 18.5 Å². The van der Waals surface area contributed by atoms with E-state index in [1.54, 1.807) is 13.3 Å². The van der Waals surface area contributed by atoms with E-state index in [2.05, 4.69) is 15.6 Å². The molecule has 0 aromatic carbocycles. The van der Waals surface area contributed by atoms with Gasteiger partial charge in [-0.2, -0.15) is 0 Å². The van der Waals surface area contributed by atoms with Crippen LogP contribution >= 0.6 is 0 Å². The third-order valence-electron chi connectivity index (χ3n) is 2.35. The second-order valence-electron chi connectivity index (χ2n) is 4.22. The van der Waals surface area contributed by atoms with Crippen LogP contribution in [0.15, 0.2) is 6.20 Å². The van der Waals surface area contributed by atoms with Gasteiger partial charge < -0.3 is 15.8 Å². The fourth-order valence-corrected chi connectivity index (χ4v) is 1.57. The zero-order chi connectivity index (χ0) is 13.4. The van der Waals surface area contributed by atoms with Crippen molar-refractivity contribution in [2.24, 2.45) is 5.73 Å². The van der Waals surface area contributed by atoms with Gasteiger partial charge in [0.05, 0.1) is 12.3 Å². The number of nitrogens with two attached hydrogens (primary N) is 1. The van der Waals surface area contributed by atoms with Gasteiger partial charge in [-0.1, -0.05) is 5.21 Å². The normalized spacial score (nSPS) is 12.4. The van der Waals surface area contributed by atoms with Gasteiger partial charge in [-0.3, -0.25) is 4.79 Å². The van der Waals surface area contributed by atoms with Gasteiger partial charge in [-0.05, 0) is 26.3 Å². The standard InChI is InChI=1S/C11H21N5O2/c1-9(8-18-2)13-11(17)7-16-6-10(14-15-16)4-3-5-12/h6,9H,3-5,7-8,12H2,1-2H3,(H,13,17). The number of aryl methyl sites for hydroxylation is 1. The van der Waals surface area contributed by atoms with E-state index in [0.717, 1.165) is 18.5 Å². The first-order chi connectivity index (χ1) is 8.65. The molecule has 1 atom stereocenters. The molecule has 102 valence electrons. The fourth-order valence-electron chi connectivity index (χ4n) is 1.57. The predicted octanol–water partition coefficient (Wildman–Crippen LogP) is -0.679. The number of rotatable bonds is 8. The monoisotopic (exact) mass is 255 g/mol. The average molecular weight is 255 g/mol. The highest BCUT2D eigenvalue weighted by molar-refractivity contribution is 5.75. The Morgan fingerprint density at radius 2 is 2.44 bits per heavy atom. The Kier molecular flexibility index (Phi) is 6.31. The van der Waals surface area contributed by atoms with Gasteiger partial charge in [0.15, 0.2) is 0 Å². The maximum absolute atomic E-state index is 11.6. The summed E-state index contributed by atoms with van der Waals surface area (Å²) in [5, 5.41) is 10.7. The Morgan fingerprint density at radius 3 is 3.11 bits per heavy atom. The maximum Gasteiger partial charge on any atom is 0.242 e. The molecular weight excluding hydrogens is 234 g/mol. The topological polar surface area (TPSA) is 95.1 Å². The lowest BCUT2D eigenvalue weighted by atomic mass is 10.2. The van der Waals surface area contributed by atoms with Crippen LogP contribution in [0.1, 0.15) is 19.0 Å². The summed E-state index contributed by atoms with van der Waals surface area (Å²) < 4.78 is 6.47. The number of carbonyl (C=O) groups is 1. The maximum atomic E-state index is 11.6. The Bertz CT molecular complexity index is 366. The highest BCUT2D eigenvalue weighted by Gasteiger charge is 2.09. The lowest BCUT2D eigenvalue weighted by molar-refractivity contribution is -0.122. The first kappa shape index (κ1) is 14.6. The zero-order valence-electron chi connectivity index (χ0n) is 10.9. The van der Waals surface area contributed by atoms with Gasteiger partial charge >= 0.3 is 0 Å². The summed E-state index contributed by atoms with van der Waals surface area (Å²) in [5.41, 5.74) is 6.28. The molecule has 0 bridgehead atoms. The Labute approximate surface area is 107 Å². The van der Waals surface area contributed by atoms with Crippen LogP contribution in [0.5, 0.6) is 0 Å². The van der Waals surface area contributed by atoms with Crippen molar-refractivity contribution >= 4 is 5.91 Å². The van der Waals surface area contributed by atoms with Crippen LogP contribution in [-0.4, -0.2) is 47.2 Å². The number of methoxy groups -OCH3 is 1. The number of hydrogen-bond acceptors (Lipinski definition) is 5. The van der Waals surface area contributed by atoms with E-state index in [1.165, 1.54) is 4.68 Å². The number of carbonyl (C=O) groups excluding carboxylic acids is 1. The molecule has 7 heteroatoms. The molecule has 0 spiro atoms. The first-order valence-corrected chi connectivity index (χ1v) is 6.03. The highest BCUT2D eigenvalue weighted by Crippen LogP contribution is 1.97. The first-order valence-electron chi connectivity index (χ1n) is 6.03. The zero-order valence-corrected chi connectivity index (χ0v) is 10.9. The summed E-state index contributed by atoms with van der Waals surface area (Å²) in [6.07, 6.45) is 3.43. The summed E-state index contributed by atoms with van der Waals surface area (Å²) >= 11 is 0. The largest absolute Gasteiger partial charge is 0.383 e. The molecule has 0 saturated carbocycles. The number of ether oxygens (including phenoxy) is 1. The van der Waals surface area contributed by atoms with Gasteiger partial charge in [0.25, 0.3) is 0 Å². The number of nitrogens with zero attached hydrogens (tertiary/aromatic N) is 3. The lowest BCUT2D eigenvalue weighted by Crippen LogP contribution is -2.37. The smallest absolute Gasteiger partial charge is 0.242 e. The molecule has 7 nitrogen and oxygen atoms in total. The summed E-state index contributed by atoms with van der Waals surface area (Å²) in [6, 6.07) is -0.0114. The third-order valence-corrected chi connectivity index (χ3v) is 2.35. The number of amides is 1. The minimum atomic E-state index is -0.102. The van der Waals surface area contributed by atoms with Gasteiger partial charge in [-0.25, -0.2) is 4.68 Å². The molecule has 0 fully saturated rings. The van der Waals surface area contributed by atoms with E-state index < -0.39 is 0 Å². The van der Waals surface area contributed by atoms with Crippen LogP contribution in [0.3, 0.4) is 0 Å². The van der Waals surface area contributed by atoms with Crippen LogP contribution in [-0.2, 0) is 22.5 Å². The van der Waals surface area contributed by atoms with Crippen molar-refractivity contribution in [3.05, 3.63) is 11.9 Å². The molecular formula is C11H21N5O2. The van der Waals surface area contributed by atoms with Crippen molar-refractivity contribution in [3.63, 3.8) is 0 Å². The number of nitrogens with one attached hydrogen (secondary N) is 1. The fraction of sp³-hybridized carbons (Fsp3) is 0.727. The van der Waals surface area contributed by atoms with Crippen molar-refractivity contribution < 1.29 is 9.53 Å². The molecule has 1 amide bonds. The van der Waals surface area contributed by atoms with E-state index in [4.69, 9.17) is 10.5 Å². The van der Waals surface area contributed by atoms with Crippen LogP contribution in [0.2, 0.25) is 0 Å². The molecule has 18 heavy (non-hydrogen) atoms. The quantitative estimate of drug-likeness (QED) is 0.642. The number of hydrogen-bond donors (Lipinski definition) is 2. The molecule has 0 aliphatic rings. The molecule has 0 radical (unpaired) electrons. The van der Waals surface area contributed by atoms with Crippen LogP contribution in [0.25, 0.3) is 0 Å². The molecule has 1 heterocycles. The van der Waals surface area contributed by atoms with Gasteiger partial charge in [0, 0.05) is 19.3 Å². The van der Waals surface area contributed by atoms with Crippen molar-refractivity contribution in [1.29, 1.82) is 0 Å². The summed E-state index contributed by atoms with van der Waals surface area (Å²) in [5.74, 6) is -0.102. The SMILES string of the molecule is COCC(C)NC(=O)Cn1cc(CCCN)nn1. The average Bonchev–Trinajstić information content (AvgIpc) is 2.74. The van der Waals surface area contributed by atoms with Gasteiger partial charge in [0.2, 0.25) is 5.91 Å². The van der Waals surface area contributed by atoms with E-state index >= 15 is 0 Å². The second-order valence-corrected chi connectivity index (χ2v) is 4.22. The minimum absolute atomic E-state index is 0.0114. The van der Waals surface area contributed by atoms with Crippen LogP contribution < -0.4 is 11.1 Å². The number of aromatic nitrogens is 3. The van der Waals surface area contributed by atoms with Gasteiger partial charge in [-0.15, -0.1) is 5.10 Å². The van der Waals surface area contributed by atoms with E-state index in [1.807, 2.05) is 6.92 Å². The second kappa shape index (κ2) is 7.78. The van der Waals surface area contributed by atoms with Crippen LogP contribution in [0.4, 0.5) is 0 Å². The van der Waals surface area contributed by atoms with Gasteiger partial charge in [0.1, 0.15) is 6.54 Å². The molecule has 0 aliphatic carbocycles. The van der Waals surface area contributed by atoms with Crippen molar-refractivity contribution in [2.75, 3.05) is 20.3 Å². The lowest BCUT2D eigenvalue weighted by Gasteiger charge is -2.12. The predicted molar refractivity (Wildman–Crippen MR) is 66.9 cm³/mol. The minimum Gasteiger partial charge on any atom is -0.383 e. The molecule has 0 aliphatic heterocycles. The third kappa shape index (κ3) is 5.24. The summed E-state index contributed by atoms with van der Waals surface area (Å²) in [6.45, 7) is 3.17. The van der Waals surface area contributed by atoms with Crippen molar-refractivity contribution in [3.8, 4) is 0 Å². The molecule has 0 saturated heterocycles. The van der Waals surface area contributed by atoms with E-state index in [0.29, 0.717) is 13.2 Å². The molecule has 1 aromatic rings. The Hall–Kier alpha value is -1.47. The molecule has 3 N–H and O–H groups in total. The Morgan fingerprint density at radius 1 is 1.67 bits per heavy atom. The highest BCUT2D eigenvalue weighted by atomic mass is 16.5. The van der Waals surface area contributed by atoms with Crippen molar-refractivity contribution in [1.82, 2.24) is 20.3 Å². The summed E-state index contributed by atoms with van der Waals surface area (Å²) in [7, 11) is 1.60.